The van der Waals surface area contributed by atoms with Gasteiger partial charge in [-0.1, -0.05) is 6.92 Å². The number of nitrogens with one attached hydrogen (secondary N) is 1. The molecule has 3 aliphatic rings. The number of carbonyl (C=O) groups is 1. The molecule has 8 heteroatoms. The van der Waals surface area contributed by atoms with Crippen LogP contribution in [-0.4, -0.2) is 40.9 Å². The smallest absolute Gasteiger partial charge is 0.491 e. The van der Waals surface area contributed by atoms with Crippen molar-refractivity contribution < 1.29 is 18.8 Å². The van der Waals surface area contributed by atoms with Crippen LogP contribution in [0.5, 0.6) is 5.75 Å². The summed E-state index contributed by atoms with van der Waals surface area (Å²) in [7, 11) is 1.12. The van der Waals surface area contributed by atoms with E-state index in [1.807, 2.05) is 34.6 Å². The van der Waals surface area contributed by atoms with Crippen molar-refractivity contribution in [2.24, 2.45) is 12.5 Å². The Balaban J connectivity index is 1.44. The SMILES string of the molecule is Cn1cc(B2OC(C)(C)C(C)(C)O2)c(O[C@H]2CC[C@H](NC(=O)C3(C)CC3)CC2)cc1=O. The predicted molar refractivity (Wildman–Crippen MR) is 120 cm³/mol. The molecule has 0 aromatic carbocycles. The Labute approximate surface area is 185 Å². The minimum atomic E-state index is -0.596. The van der Waals surface area contributed by atoms with Crippen LogP contribution in [-0.2, 0) is 21.2 Å². The van der Waals surface area contributed by atoms with Crippen molar-refractivity contribution in [1.82, 2.24) is 9.88 Å². The largest absolute Gasteiger partial charge is 0.500 e. The fourth-order valence-corrected chi connectivity index (χ4v) is 4.16. The third-order valence-corrected chi connectivity index (χ3v) is 7.58. The summed E-state index contributed by atoms with van der Waals surface area (Å²) < 4.78 is 20.3. The summed E-state index contributed by atoms with van der Waals surface area (Å²) in [6, 6.07) is 1.73. The fraction of sp³-hybridized carbons (Fsp3) is 0.739. The summed E-state index contributed by atoms with van der Waals surface area (Å²) in [6.07, 6.45) is 7.15. The first-order valence-corrected chi connectivity index (χ1v) is 11.4. The van der Waals surface area contributed by atoms with E-state index in [0.717, 1.165) is 44.0 Å². The Morgan fingerprint density at radius 1 is 1.10 bits per heavy atom. The van der Waals surface area contributed by atoms with Gasteiger partial charge < -0.3 is 23.9 Å². The molecule has 31 heavy (non-hydrogen) atoms. The Morgan fingerprint density at radius 2 is 1.68 bits per heavy atom. The van der Waals surface area contributed by atoms with E-state index in [1.54, 1.807) is 13.2 Å². The van der Waals surface area contributed by atoms with Crippen molar-refractivity contribution in [2.45, 2.75) is 96.5 Å². The number of nitrogens with zero attached hydrogens (tertiary/aromatic N) is 1. The van der Waals surface area contributed by atoms with E-state index in [1.165, 1.54) is 10.6 Å². The molecule has 1 N–H and O–H groups in total. The summed E-state index contributed by atoms with van der Waals surface area (Å²) in [4.78, 5) is 24.7. The molecule has 0 spiro atoms. The van der Waals surface area contributed by atoms with Gasteiger partial charge in [-0.25, -0.2) is 0 Å². The zero-order chi connectivity index (χ0) is 22.6. The molecule has 170 valence electrons. The molecule has 4 rings (SSSR count). The third kappa shape index (κ3) is 4.42. The number of aromatic nitrogens is 1. The van der Waals surface area contributed by atoms with Gasteiger partial charge in [0.25, 0.3) is 5.56 Å². The molecule has 2 aliphatic carbocycles. The maximum Gasteiger partial charge on any atom is 0.500 e. The zero-order valence-electron chi connectivity index (χ0n) is 19.6. The molecule has 1 aromatic rings. The maximum atomic E-state index is 12.3. The molecule has 3 fully saturated rings. The Morgan fingerprint density at radius 3 is 2.23 bits per heavy atom. The quantitative estimate of drug-likeness (QED) is 0.726. The number of aryl methyl sites for hydroxylation is 1. The molecule has 1 saturated heterocycles. The summed E-state index contributed by atoms with van der Waals surface area (Å²) in [5, 5.41) is 3.21. The van der Waals surface area contributed by atoms with Gasteiger partial charge in [0.2, 0.25) is 5.91 Å². The molecule has 0 unspecified atom stereocenters. The molecule has 2 heterocycles. The molecule has 1 amide bonds. The number of hydrogen-bond donors (Lipinski definition) is 1. The minimum Gasteiger partial charge on any atom is -0.491 e. The summed E-state index contributed by atoms with van der Waals surface area (Å²) >= 11 is 0. The number of rotatable bonds is 5. The monoisotopic (exact) mass is 430 g/mol. The van der Waals surface area contributed by atoms with E-state index in [4.69, 9.17) is 14.0 Å². The van der Waals surface area contributed by atoms with Crippen molar-refractivity contribution in [3.05, 3.63) is 22.6 Å². The van der Waals surface area contributed by atoms with Gasteiger partial charge in [0.1, 0.15) is 5.75 Å². The molecular formula is C23H35BN2O5. The van der Waals surface area contributed by atoms with Crippen molar-refractivity contribution in [2.75, 3.05) is 0 Å². The third-order valence-electron chi connectivity index (χ3n) is 7.58. The van der Waals surface area contributed by atoms with Crippen LogP contribution >= 0.6 is 0 Å². The average Bonchev–Trinajstić information content (AvgIpc) is 3.39. The predicted octanol–water partition coefficient (Wildman–Crippen LogP) is 2.29. The first-order valence-electron chi connectivity index (χ1n) is 11.4. The van der Waals surface area contributed by atoms with E-state index in [2.05, 4.69) is 5.32 Å². The molecule has 0 atom stereocenters. The highest BCUT2D eigenvalue weighted by atomic mass is 16.7. The summed E-state index contributed by atoms with van der Waals surface area (Å²) in [5.74, 6) is 0.714. The van der Waals surface area contributed by atoms with Gasteiger partial charge >= 0.3 is 7.12 Å². The van der Waals surface area contributed by atoms with Crippen LogP contribution in [0.4, 0.5) is 0 Å². The highest BCUT2D eigenvalue weighted by molar-refractivity contribution is 6.63. The van der Waals surface area contributed by atoms with Crippen LogP contribution in [0.3, 0.4) is 0 Å². The standard InChI is InChI=1S/C23H35BN2O5/c1-21(2)22(3,4)31-24(30-21)17-14-26(6)19(27)13-18(17)29-16-9-7-15(8-10-16)25-20(28)23(5)11-12-23/h13-16H,7-12H2,1-6H3,(H,25,28)/t15-,16-. The molecule has 1 aliphatic heterocycles. The number of carbonyl (C=O) groups excluding carboxylic acids is 1. The molecule has 7 nitrogen and oxygen atoms in total. The van der Waals surface area contributed by atoms with E-state index < -0.39 is 18.3 Å². The molecular weight excluding hydrogens is 395 g/mol. The highest BCUT2D eigenvalue weighted by Gasteiger charge is 2.53. The van der Waals surface area contributed by atoms with Crippen molar-refractivity contribution >= 4 is 18.5 Å². The minimum absolute atomic E-state index is 0.00190. The van der Waals surface area contributed by atoms with Crippen LogP contribution in [0, 0.1) is 5.41 Å². The zero-order valence-corrected chi connectivity index (χ0v) is 19.6. The lowest BCUT2D eigenvalue weighted by molar-refractivity contribution is -0.126. The van der Waals surface area contributed by atoms with Crippen LogP contribution in [0.25, 0.3) is 0 Å². The Hall–Kier alpha value is -1.80. The fourth-order valence-electron chi connectivity index (χ4n) is 4.16. The molecule has 0 bridgehead atoms. The Bertz CT molecular complexity index is 897. The lowest BCUT2D eigenvalue weighted by Gasteiger charge is -2.32. The Kier molecular flexibility index (Phi) is 5.53. The molecule has 1 aromatic heterocycles. The van der Waals surface area contributed by atoms with Crippen LogP contribution < -0.4 is 21.1 Å². The van der Waals surface area contributed by atoms with Crippen molar-refractivity contribution in [3.63, 3.8) is 0 Å². The number of hydrogen-bond acceptors (Lipinski definition) is 5. The lowest BCUT2D eigenvalue weighted by Crippen LogP contribution is -2.43. The first kappa shape index (κ1) is 22.4. The van der Waals surface area contributed by atoms with Crippen LogP contribution in [0.15, 0.2) is 17.1 Å². The van der Waals surface area contributed by atoms with Gasteiger partial charge in [-0.3, -0.25) is 9.59 Å². The van der Waals surface area contributed by atoms with E-state index in [9.17, 15) is 9.59 Å². The second-order valence-corrected chi connectivity index (χ2v) is 10.8. The van der Waals surface area contributed by atoms with Crippen molar-refractivity contribution in [3.8, 4) is 5.75 Å². The maximum absolute atomic E-state index is 12.3. The highest BCUT2D eigenvalue weighted by Crippen LogP contribution is 2.45. The normalized spacial score (nSPS) is 28.3. The van der Waals surface area contributed by atoms with Gasteiger partial charge in [-0.2, -0.15) is 0 Å². The number of pyridine rings is 1. The van der Waals surface area contributed by atoms with Gasteiger partial charge in [-0.05, 0) is 66.2 Å². The van der Waals surface area contributed by atoms with E-state index in [-0.39, 0.29) is 29.0 Å². The van der Waals surface area contributed by atoms with E-state index >= 15 is 0 Å². The first-order chi connectivity index (χ1) is 14.4. The number of ether oxygens (including phenoxy) is 1. The molecule has 0 radical (unpaired) electrons. The lowest BCUT2D eigenvalue weighted by atomic mass is 9.79. The van der Waals surface area contributed by atoms with Crippen molar-refractivity contribution in [1.29, 1.82) is 0 Å². The molecule has 2 saturated carbocycles. The average molecular weight is 430 g/mol. The van der Waals surface area contributed by atoms with Gasteiger partial charge in [0, 0.05) is 36.2 Å². The van der Waals surface area contributed by atoms with Gasteiger partial charge in [0.15, 0.2) is 0 Å². The van der Waals surface area contributed by atoms with Crippen LogP contribution in [0.1, 0.15) is 73.1 Å². The van der Waals surface area contributed by atoms with Gasteiger partial charge in [-0.15, -0.1) is 0 Å². The number of amides is 1. The van der Waals surface area contributed by atoms with Crippen LogP contribution in [0.2, 0.25) is 0 Å². The van der Waals surface area contributed by atoms with E-state index in [0.29, 0.717) is 5.75 Å². The summed E-state index contributed by atoms with van der Waals surface area (Å²) in [5.41, 5.74) is -0.488. The topological polar surface area (TPSA) is 78.8 Å². The van der Waals surface area contributed by atoms with Gasteiger partial charge in [0.05, 0.1) is 17.3 Å². The second-order valence-electron chi connectivity index (χ2n) is 10.8. The second kappa shape index (κ2) is 7.66. The summed E-state index contributed by atoms with van der Waals surface area (Å²) in [6.45, 7) is 10.1.